The van der Waals surface area contributed by atoms with E-state index in [0.717, 1.165) is 18.2 Å². The molecular formula is C14H11ClF6N4O2. The molecule has 0 fully saturated rings. The summed E-state index contributed by atoms with van der Waals surface area (Å²) in [5.41, 5.74) is -1.20. The molecule has 0 aliphatic heterocycles. The van der Waals surface area contributed by atoms with Crippen molar-refractivity contribution in [2.24, 2.45) is 0 Å². The molecule has 2 aromatic rings. The van der Waals surface area contributed by atoms with Gasteiger partial charge in [0.2, 0.25) is 5.95 Å². The van der Waals surface area contributed by atoms with Crippen LogP contribution < -0.4 is 15.4 Å². The zero-order chi connectivity index (χ0) is 20.2. The smallest absolute Gasteiger partial charge is 0.404 e. The molecule has 0 aliphatic rings. The van der Waals surface area contributed by atoms with E-state index in [1.54, 1.807) is 0 Å². The highest BCUT2D eigenvalue weighted by molar-refractivity contribution is 6.32. The lowest BCUT2D eigenvalue weighted by Crippen LogP contribution is -2.17. The lowest BCUT2D eigenvalue weighted by Gasteiger charge is -2.14. The van der Waals surface area contributed by atoms with Crippen molar-refractivity contribution < 1.29 is 36.2 Å². The van der Waals surface area contributed by atoms with Gasteiger partial charge in [0.1, 0.15) is 11.6 Å². The molecule has 1 heterocycles. The second kappa shape index (κ2) is 8.05. The highest BCUT2D eigenvalue weighted by Gasteiger charge is 2.34. The van der Waals surface area contributed by atoms with Crippen LogP contribution in [-0.2, 0) is 6.18 Å². The first-order chi connectivity index (χ1) is 12.5. The number of nitrogens with one attached hydrogen (secondary N) is 2. The van der Waals surface area contributed by atoms with Crippen molar-refractivity contribution in [2.45, 2.75) is 12.5 Å². The van der Waals surface area contributed by atoms with Crippen molar-refractivity contribution >= 4 is 29.1 Å². The molecule has 0 amide bonds. The average molecular weight is 417 g/mol. The minimum atomic E-state index is -4.94. The van der Waals surface area contributed by atoms with Crippen molar-refractivity contribution in [3.63, 3.8) is 0 Å². The number of anilines is 3. The fourth-order valence-corrected chi connectivity index (χ4v) is 2.06. The van der Waals surface area contributed by atoms with Gasteiger partial charge in [0.05, 0.1) is 11.6 Å². The van der Waals surface area contributed by atoms with Gasteiger partial charge in [-0.15, -0.1) is 13.2 Å². The number of rotatable bonds is 6. The first kappa shape index (κ1) is 20.8. The van der Waals surface area contributed by atoms with Crippen LogP contribution in [0, 0.1) is 0 Å². The Balaban J connectivity index is 2.29. The third-order valence-electron chi connectivity index (χ3n) is 2.84. The Kier molecular flexibility index (Phi) is 6.21. The number of hydrogen-bond acceptors (Lipinski definition) is 6. The van der Waals surface area contributed by atoms with Crippen LogP contribution in [0.4, 0.5) is 43.8 Å². The lowest BCUT2D eigenvalue weighted by molar-refractivity contribution is -0.274. The minimum Gasteiger partial charge on any atom is -0.404 e. The quantitative estimate of drug-likeness (QED) is 0.613. The van der Waals surface area contributed by atoms with E-state index in [0.29, 0.717) is 6.07 Å². The molecule has 0 radical (unpaired) electrons. The number of hydrogen-bond donors (Lipinski definition) is 3. The number of aromatic nitrogens is 2. The standard InChI is InChI=1S/C14H11ClF6N4O2/c15-8-5-7(1-2-9(8)27-14(19,20)21)23-11-6-10(13(16,17)18)24-12(25-11)22-3-4-26/h1-2,5-6,26H,3-4H2,(H2,22,23,24,25). The predicted molar refractivity (Wildman–Crippen MR) is 84.0 cm³/mol. The van der Waals surface area contributed by atoms with Crippen LogP contribution >= 0.6 is 11.6 Å². The summed E-state index contributed by atoms with van der Waals surface area (Å²) in [5, 5.41) is 13.2. The molecule has 0 saturated carbocycles. The number of nitrogens with zero attached hydrogens (tertiary/aromatic N) is 2. The second-order valence-corrected chi connectivity index (χ2v) is 5.34. The van der Waals surface area contributed by atoms with Crippen LogP contribution in [0.5, 0.6) is 5.75 Å². The first-order valence-electron chi connectivity index (χ1n) is 7.11. The van der Waals surface area contributed by atoms with Gasteiger partial charge >= 0.3 is 12.5 Å². The summed E-state index contributed by atoms with van der Waals surface area (Å²) in [5.74, 6) is -1.36. The van der Waals surface area contributed by atoms with E-state index in [4.69, 9.17) is 16.7 Å². The second-order valence-electron chi connectivity index (χ2n) is 4.93. The van der Waals surface area contributed by atoms with Crippen LogP contribution in [0.3, 0.4) is 0 Å². The Labute approximate surface area is 153 Å². The van der Waals surface area contributed by atoms with Gasteiger partial charge in [-0.3, -0.25) is 0 Å². The molecular weight excluding hydrogens is 406 g/mol. The lowest BCUT2D eigenvalue weighted by atomic mass is 10.3. The highest BCUT2D eigenvalue weighted by atomic mass is 35.5. The van der Waals surface area contributed by atoms with Gasteiger partial charge in [-0.25, -0.2) is 4.98 Å². The molecule has 2 rings (SSSR count). The average Bonchev–Trinajstić information content (AvgIpc) is 2.53. The normalized spacial score (nSPS) is 12.0. The third kappa shape index (κ3) is 6.32. The van der Waals surface area contributed by atoms with Crippen molar-refractivity contribution in [2.75, 3.05) is 23.8 Å². The van der Waals surface area contributed by atoms with E-state index in [-0.39, 0.29) is 24.7 Å². The number of ether oxygens (including phenoxy) is 1. The Morgan fingerprint density at radius 3 is 2.33 bits per heavy atom. The fourth-order valence-electron chi connectivity index (χ4n) is 1.84. The van der Waals surface area contributed by atoms with E-state index in [1.165, 1.54) is 0 Å². The number of aliphatic hydroxyl groups is 1. The summed E-state index contributed by atoms with van der Waals surface area (Å²) >= 11 is 5.69. The molecule has 13 heteroatoms. The van der Waals surface area contributed by atoms with Gasteiger partial charge in [0.25, 0.3) is 0 Å². The molecule has 0 spiro atoms. The van der Waals surface area contributed by atoms with Crippen LogP contribution in [-0.4, -0.2) is 34.6 Å². The molecule has 0 unspecified atom stereocenters. The van der Waals surface area contributed by atoms with E-state index in [1.807, 2.05) is 0 Å². The summed E-state index contributed by atoms with van der Waals surface area (Å²) < 4.78 is 79.2. The first-order valence-corrected chi connectivity index (χ1v) is 7.49. The van der Waals surface area contributed by atoms with Crippen LogP contribution in [0.2, 0.25) is 5.02 Å². The molecule has 1 aromatic carbocycles. The van der Waals surface area contributed by atoms with Gasteiger partial charge in [0, 0.05) is 18.3 Å². The van der Waals surface area contributed by atoms with E-state index < -0.39 is 35.0 Å². The molecule has 0 aliphatic carbocycles. The topological polar surface area (TPSA) is 79.3 Å². The summed E-state index contributed by atoms with van der Waals surface area (Å²) in [6.07, 6.45) is -9.71. The summed E-state index contributed by atoms with van der Waals surface area (Å²) in [6, 6.07) is 3.65. The molecule has 148 valence electrons. The molecule has 0 atom stereocenters. The summed E-state index contributed by atoms with van der Waals surface area (Å²) in [7, 11) is 0. The number of alkyl halides is 6. The van der Waals surface area contributed by atoms with Crippen LogP contribution in [0.15, 0.2) is 24.3 Å². The van der Waals surface area contributed by atoms with E-state index in [9.17, 15) is 26.3 Å². The van der Waals surface area contributed by atoms with Gasteiger partial charge in [0.15, 0.2) is 5.69 Å². The summed E-state index contributed by atoms with van der Waals surface area (Å²) in [6.45, 7) is -0.450. The van der Waals surface area contributed by atoms with Crippen molar-refractivity contribution in [1.82, 2.24) is 9.97 Å². The Hall–Kier alpha value is -2.47. The van der Waals surface area contributed by atoms with Gasteiger partial charge in [-0.05, 0) is 18.2 Å². The van der Waals surface area contributed by atoms with E-state index >= 15 is 0 Å². The molecule has 0 bridgehead atoms. The number of aliphatic hydroxyl groups excluding tert-OH is 1. The zero-order valence-corrected chi connectivity index (χ0v) is 13.9. The fraction of sp³-hybridized carbons (Fsp3) is 0.286. The van der Waals surface area contributed by atoms with Crippen LogP contribution in [0.25, 0.3) is 0 Å². The van der Waals surface area contributed by atoms with Crippen molar-refractivity contribution in [3.8, 4) is 5.75 Å². The largest absolute Gasteiger partial charge is 0.573 e. The maximum Gasteiger partial charge on any atom is 0.573 e. The van der Waals surface area contributed by atoms with Gasteiger partial charge < -0.3 is 20.5 Å². The maximum absolute atomic E-state index is 12.9. The van der Waals surface area contributed by atoms with Crippen molar-refractivity contribution in [3.05, 3.63) is 35.0 Å². The van der Waals surface area contributed by atoms with Crippen LogP contribution in [0.1, 0.15) is 5.69 Å². The summed E-state index contributed by atoms with van der Waals surface area (Å²) in [4.78, 5) is 7.08. The molecule has 1 aromatic heterocycles. The molecule has 0 saturated heterocycles. The molecule has 27 heavy (non-hydrogen) atoms. The van der Waals surface area contributed by atoms with Gasteiger partial charge in [-0.1, -0.05) is 11.6 Å². The zero-order valence-electron chi connectivity index (χ0n) is 13.1. The van der Waals surface area contributed by atoms with E-state index in [2.05, 4.69) is 25.3 Å². The van der Waals surface area contributed by atoms with Crippen molar-refractivity contribution in [1.29, 1.82) is 0 Å². The predicted octanol–water partition coefficient (Wildman–Crippen LogP) is 4.20. The number of halogens is 7. The minimum absolute atomic E-state index is 0.0643. The highest BCUT2D eigenvalue weighted by Crippen LogP contribution is 2.34. The van der Waals surface area contributed by atoms with Gasteiger partial charge in [-0.2, -0.15) is 18.2 Å². The molecule has 6 nitrogen and oxygen atoms in total. The third-order valence-corrected chi connectivity index (χ3v) is 3.14. The Bertz CT molecular complexity index is 800. The Morgan fingerprint density at radius 2 is 1.78 bits per heavy atom. The molecule has 3 N–H and O–H groups in total. The SMILES string of the molecule is OCCNc1nc(Nc2ccc(OC(F)(F)F)c(Cl)c2)cc(C(F)(F)F)n1. The Morgan fingerprint density at radius 1 is 1.07 bits per heavy atom. The monoisotopic (exact) mass is 416 g/mol. The maximum atomic E-state index is 12.9. The number of benzene rings is 1.